The number of hydrogen-bond acceptors (Lipinski definition) is 1. The van der Waals surface area contributed by atoms with Crippen molar-refractivity contribution in [3.63, 3.8) is 0 Å². The Balaban J connectivity index is 2.69. The molecule has 3 heteroatoms. The highest BCUT2D eigenvalue weighted by Gasteiger charge is 2.12. The Labute approximate surface area is 111 Å². The Morgan fingerprint density at radius 1 is 1.28 bits per heavy atom. The number of hydrogen-bond donors (Lipinski definition) is 1. The first-order valence-corrected chi connectivity index (χ1v) is 6.77. The largest absolute Gasteiger partial charge is 0.352 e. The van der Waals surface area contributed by atoms with Crippen molar-refractivity contribution >= 4 is 5.91 Å². The Morgan fingerprint density at radius 2 is 1.89 bits per heavy atom. The Morgan fingerprint density at radius 3 is 2.33 bits per heavy atom. The quantitative estimate of drug-likeness (QED) is 0.854. The molecule has 3 nitrogen and oxygen atoms in total. The molecule has 102 valence electrons. The normalized spacial score (nSPS) is 11.3. The third-order valence-electron chi connectivity index (χ3n) is 3.18. The van der Waals surface area contributed by atoms with Crippen molar-refractivity contribution in [1.29, 1.82) is 0 Å². The fourth-order valence-electron chi connectivity index (χ4n) is 2.46. The van der Waals surface area contributed by atoms with Gasteiger partial charge in [-0.3, -0.25) is 4.79 Å². The molecule has 1 amide bonds. The third kappa shape index (κ3) is 3.62. The summed E-state index contributed by atoms with van der Waals surface area (Å²) in [6.07, 6.45) is 0.600. The van der Waals surface area contributed by atoms with Gasteiger partial charge in [0.1, 0.15) is 0 Å². The van der Waals surface area contributed by atoms with Gasteiger partial charge in [0.05, 0.1) is 0 Å². The summed E-state index contributed by atoms with van der Waals surface area (Å²) < 4.78 is 2.31. The van der Waals surface area contributed by atoms with Crippen molar-refractivity contribution in [2.75, 3.05) is 0 Å². The monoisotopic (exact) mass is 250 g/mol. The van der Waals surface area contributed by atoms with Crippen LogP contribution in [0.1, 0.15) is 57.1 Å². The summed E-state index contributed by atoms with van der Waals surface area (Å²) in [5.41, 5.74) is 3.74. The molecule has 1 N–H and O–H groups in total. The zero-order valence-corrected chi connectivity index (χ0v) is 12.5. The van der Waals surface area contributed by atoms with Gasteiger partial charge in [-0.1, -0.05) is 13.8 Å². The molecule has 1 heterocycles. The molecular weight excluding hydrogens is 224 g/mol. The van der Waals surface area contributed by atoms with Gasteiger partial charge in [-0.05, 0) is 45.2 Å². The van der Waals surface area contributed by atoms with E-state index in [1.807, 2.05) is 0 Å². The van der Waals surface area contributed by atoms with Gasteiger partial charge < -0.3 is 9.88 Å². The van der Waals surface area contributed by atoms with Crippen LogP contribution in [0.15, 0.2) is 6.07 Å². The van der Waals surface area contributed by atoms with Crippen molar-refractivity contribution in [2.24, 2.45) is 5.92 Å². The fraction of sp³-hybridized carbons (Fsp3) is 0.667. The van der Waals surface area contributed by atoms with Gasteiger partial charge in [-0.2, -0.15) is 0 Å². The lowest BCUT2D eigenvalue weighted by Crippen LogP contribution is -2.24. The van der Waals surface area contributed by atoms with E-state index >= 15 is 0 Å². The minimum atomic E-state index is 0.138. The van der Waals surface area contributed by atoms with Gasteiger partial charge in [-0.15, -0.1) is 0 Å². The molecule has 0 atom stereocenters. The van der Waals surface area contributed by atoms with Crippen LogP contribution in [0.3, 0.4) is 0 Å². The van der Waals surface area contributed by atoms with Crippen LogP contribution in [0.4, 0.5) is 0 Å². The second kappa shape index (κ2) is 6.07. The first-order chi connectivity index (χ1) is 8.32. The minimum absolute atomic E-state index is 0.138. The summed E-state index contributed by atoms with van der Waals surface area (Å²) >= 11 is 0. The van der Waals surface area contributed by atoms with Gasteiger partial charge in [-0.25, -0.2) is 0 Å². The zero-order chi connectivity index (χ0) is 13.9. The van der Waals surface area contributed by atoms with E-state index in [2.05, 4.69) is 57.5 Å². The van der Waals surface area contributed by atoms with Crippen LogP contribution in [-0.2, 0) is 11.3 Å². The van der Waals surface area contributed by atoms with E-state index in [1.165, 1.54) is 17.0 Å². The summed E-state index contributed by atoms with van der Waals surface area (Å²) in [4.78, 5) is 11.6. The van der Waals surface area contributed by atoms with Crippen LogP contribution in [0, 0.1) is 19.8 Å². The molecule has 0 spiro atoms. The number of aryl methyl sites for hydroxylation is 1. The summed E-state index contributed by atoms with van der Waals surface area (Å²) in [5, 5.41) is 3.00. The molecule has 0 aliphatic heterocycles. The summed E-state index contributed by atoms with van der Waals surface area (Å²) in [5.74, 6) is 0.549. The van der Waals surface area contributed by atoms with Crippen molar-refractivity contribution in [2.45, 2.75) is 60.5 Å². The van der Waals surface area contributed by atoms with Crippen LogP contribution in [0.5, 0.6) is 0 Å². The summed E-state index contributed by atoms with van der Waals surface area (Å²) in [6.45, 7) is 13.4. The number of amides is 1. The predicted octanol–water partition coefficient (Wildman–Crippen LogP) is 3.35. The maximum absolute atomic E-state index is 11.6. The SMILES string of the molecule is Cc1cc(CNC(=O)CC(C)C)c(C)n1C(C)C. The molecule has 0 radical (unpaired) electrons. The molecule has 0 aromatic carbocycles. The van der Waals surface area contributed by atoms with Crippen LogP contribution in [-0.4, -0.2) is 10.5 Å². The molecule has 0 unspecified atom stereocenters. The number of carbonyl (C=O) groups excluding carboxylic acids is 1. The number of nitrogens with zero attached hydrogens (tertiary/aromatic N) is 1. The summed E-state index contributed by atoms with van der Waals surface area (Å²) in [7, 11) is 0. The van der Waals surface area contributed by atoms with E-state index in [0.717, 1.165) is 0 Å². The first-order valence-electron chi connectivity index (χ1n) is 6.77. The first kappa shape index (κ1) is 14.8. The van der Waals surface area contributed by atoms with Crippen molar-refractivity contribution < 1.29 is 4.79 Å². The van der Waals surface area contributed by atoms with Gasteiger partial charge in [0.15, 0.2) is 0 Å². The maximum atomic E-state index is 11.6. The molecule has 1 aromatic rings. The van der Waals surface area contributed by atoms with E-state index < -0.39 is 0 Å². The lowest BCUT2D eigenvalue weighted by molar-refractivity contribution is -0.121. The number of nitrogens with one attached hydrogen (secondary N) is 1. The average molecular weight is 250 g/mol. The second-order valence-corrected chi connectivity index (χ2v) is 5.73. The van der Waals surface area contributed by atoms with E-state index in [4.69, 9.17) is 0 Å². The fourth-order valence-corrected chi connectivity index (χ4v) is 2.46. The third-order valence-corrected chi connectivity index (χ3v) is 3.18. The highest BCUT2D eigenvalue weighted by atomic mass is 16.1. The van der Waals surface area contributed by atoms with Crippen LogP contribution in [0.25, 0.3) is 0 Å². The molecule has 1 aromatic heterocycles. The minimum Gasteiger partial charge on any atom is -0.352 e. The van der Waals surface area contributed by atoms with E-state index in [0.29, 0.717) is 24.9 Å². The number of aromatic nitrogens is 1. The highest BCUT2D eigenvalue weighted by molar-refractivity contribution is 5.76. The van der Waals surface area contributed by atoms with E-state index in [1.54, 1.807) is 0 Å². The molecule has 18 heavy (non-hydrogen) atoms. The van der Waals surface area contributed by atoms with Gasteiger partial charge in [0.25, 0.3) is 0 Å². The number of carbonyl (C=O) groups is 1. The molecule has 0 saturated carbocycles. The second-order valence-electron chi connectivity index (χ2n) is 5.73. The molecule has 0 aliphatic rings. The van der Waals surface area contributed by atoms with E-state index in [9.17, 15) is 4.79 Å². The zero-order valence-electron chi connectivity index (χ0n) is 12.5. The molecular formula is C15H26N2O. The molecule has 0 aliphatic carbocycles. The maximum Gasteiger partial charge on any atom is 0.220 e. The van der Waals surface area contributed by atoms with Gasteiger partial charge in [0, 0.05) is 30.4 Å². The molecule has 0 saturated heterocycles. The van der Waals surface area contributed by atoms with Crippen LogP contribution in [0.2, 0.25) is 0 Å². The van der Waals surface area contributed by atoms with Crippen molar-refractivity contribution in [1.82, 2.24) is 9.88 Å². The Kier molecular flexibility index (Phi) is 5.00. The van der Waals surface area contributed by atoms with Gasteiger partial charge >= 0.3 is 0 Å². The number of rotatable bonds is 5. The smallest absolute Gasteiger partial charge is 0.220 e. The molecule has 1 rings (SSSR count). The molecule has 0 fully saturated rings. The Hall–Kier alpha value is -1.25. The lowest BCUT2D eigenvalue weighted by Gasteiger charge is -2.14. The topological polar surface area (TPSA) is 34.0 Å². The van der Waals surface area contributed by atoms with E-state index in [-0.39, 0.29) is 5.91 Å². The van der Waals surface area contributed by atoms with Crippen molar-refractivity contribution in [3.05, 3.63) is 23.0 Å². The molecule has 0 bridgehead atoms. The van der Waals surface area contributed by atoms with Crippen molar-refractivity contribution in [3.8, 4) is 0 Å². The average Bonchev–Trinajstić information content (AvgIpc) is 2.49. The predicted molar refractivity (Wildman–Crippen MR) is 75.6 cm³/mol. The summed E-state index contributed by atoms with van der Waals surface area (Å²) in [6, 6.07) is 2.63. The van der Waals surface area contributed by atoms with Gasteiger partial charge in [0.2, 0.25) is 5.91 Å². The van der Waals surface area contributed by atoms with Crippen LogP contribution < -0.4 is 5.32 Å². The standard InChI is InChI=1S/C15H26N2O/c1-10(2)7-15(18)16-9-14-8-12(5)17(11(3)4)13(14)6/h8,10-11H,7,9H2,1-6H3,(H,16,18). The Bertz CT molecular complexity index is 416. The lowest BCUT2D eigenvalue weighted by atomic mass is 10.1. The highest BCUT2D eigenvalue weighted by Crippen LogP contribution is 2.19. The van der Waals surface area contributed by atoms with Crippen LogP contribution >= 0.6 is 0 Å².